The van der Waals surface area contributed by atoms with Gasteiger partial charge in [-0.25, -0.2) is 4.79 Å². The SMILES string of the molecule is CCc1ccc(OC2=COC3CC(OC(=O)c4ccc(Br)cc4)CCC3C2=O)cc1. The largest absolute Gasteiger partial charge is 0.493 e. The molecule has 1 aliphatic heterocycles. The molecule has 0 spiro atoms. The molecule has 5 nitrogen and oxygen atoms in total. The fourth-order valence-corrected chi connectivity index (χ4v) is 4.10. The van der Waals surface area contributed by atoms with Crippen LogP contribution in [0.5, 0.6) is 5.75 Å². The van der Waals surface area contributed by atoms with Crippen molar-refractivity contribution in [2.24, 2.45) is 5.92 Å². The zero-order valence-corrected chi connectivity index (χ0v) is 18.3. The highest BCUT2D eigenvalue weighted by atomic mass is 79.9. The molecule has 2 aromatic carbocycles. The van der Waals surface area contributed by atoms with Crippen molar-refractivity contribution in [1.82, 2.24) is 0 Å². The molecule has 0 bridgehead atoms. The third-order valence-corrected chi connectivity index (χ3v) is 6.11. The summed E-state index contributed by atoms with van der Waals surface area (Å²) in [7, 11) is 0. The van der Waals surface area contributed by atoms with Crippen LogP contribution in [-0.4, -0.2) is 24.0 Å². The molecule has 4 rings (SSSR count). The molecule has 1 aliphatic carbocycles. The number of carbonyl (C=O) groups excluding carboxylic acids is 2. The zero-order chi connectivity index (χ0) is 21.1. The van der Waals surface area contributed by atoms with Crippen molar-refractivity contribution in [3.8, 4) is 5.75 Å². The van der Waals surface area contributed by atoms with Gasteiger partial charge in [0.1, 0.15) is 24.2 Å². The molecule has 0 radical (unpaired) electrons. The summed E-state index contributed by atoms with van der Waals surface area (Å²) in [4.78, 5) is 25.3. The average molecular weight is 471 g/mol. The standard InChI is InChI=1S/C24H23BrO5/c1-2-15-3-9-18(10-4-15)29-22-14-28-21-13-19(11-12-20(21)23(22)26)30-24(27)16-5-7-17(25)8-6-16/h3-10,14,19-21H,2,11-13H2,1H3. The number of hydrogen-bond donors (Lipinski definition) is 0. The molecule has 0 N–H and O–H groups in total. The van der Waals surface area contributed by atoms with Crippen LogP contribution in [0.15, 0.2) is 65.0 Å². The van der Waals surface area contributed by atoms with E-state index in [9.17, 15) is 9.59 Å². The molecule has 2 aromatic rings. The summed E-state index contributed by atoms with van der Waals surface area (Å²) in [6, 6.07) is 14.7. The average Bonchev–Trinajstić information content (AvgIpc) is 2.76. The topological polar surface area (TPSA) is 61.8 Å². The number of rotatable bonds is 5. The Morgan fingerprint density at radius 3 is 2.53 bits per heavy atom. The van der Waals surface area contributed by atoms with E-state index in [1.165, 1.54) is 11.8 Å². The summed E-state index contributed by atoms with van der Waals surface area (Å²) in [6.07, 6.45) is 3.48. The number of ketones is 1. The first-order chi connectivity index (χ1) is 14.5. The van der Waals surface area contributed by atoms with Gasteiger partial charge in [0, 0.05) is 10.9 Å². The molecule has 1 fully saturated rings. The van der Waals surface area contributed by atoms with E-state index in [0.29, 0.717) is 30.6 Å². The molecular weight excluding hydrogens is 448 g/mol. The third kappa shape index (κ3) is 4.59. The van der Waals surface area contributed by atoms with E-state index in [1.807, 2.05) is 24.3 Å². The highest BCUT2D eigenvalue weighted by Gasteiger charge is 2.42. The zero-order valence-electron chi connectivity index (χ0n) is 16.7. The fraction of sp³-hybridized carbons (Fsp3) is 0.333. The molecule has 1 saturated carbocycles. The van der Waals surface area contributed by atoms with Gasteiger partial charge in [-0.3, -0.25) is 4.79 Å². The summed E-state index contributed by atoms with van der Waals surface area (Å²) >= 11 is 3.35. The van der Waals surface area contributed by atoms with Gasteiger partial charge >= 0.3 is 5.97 Å². The number of fused-ring (bicyclic) bond motifs is 1. The van der Waals surface area contributed by atoms with Gasteiger partial charge in [-0.05, 0) is 61.2 Å². The van der Waals surface area contributed by atoms with Crippen molar-refractivity contribution < 1.29 is 23.8 Å². The van der Waals surface area contributed by atoms with Gasteiger partial charge in [0.15, 0.2) is 0 Å². The van der Waals surface area contributed by atoms with E-state index in [-0.39, 0.29) is 35.6 Å². The van der Waals surface area contributed by atoms with Crippen LogP contribution in [0.1, 0.15) is 42.1 Å². The van der Waals surface area contributed by atoms with Crippen LogP contribution in [0, 0.1) is 5.92 Å². The molecular formula is C24H23BrO5. The maximum Gasteiger partial charge on any atom is 0.338 e. The van der Waals surface area contributed by atoms with Crippen LogP contribution in [0.3, 0.4) is 0 Å². The number of Topliss-reactive ketones (excluding diaryl/α,β-unsaturated/α-hetero) is 1. The lowest BCUT2D eigenvalue weighted by Crippen LogP contribution is -2.43. The molecule has 6 heteroatoms. The maximum absolute atomic E-state index is 12.9. The quantitative estimate of drug-likeness (QED) is 0.560. The van der Waals surface area contributed by atoms with E-state index in [4.69, 9.17) is 14.2 Å². The Hall–Kier alpha value is -2.60. The highest BCUT2D eigenvalue weighted by molar-refractivity contribution is 9.10. The summed E-state index contributed by atoms with van der Waals surface area (Å²) in [6.45, 7) is 2.09. The minimum absolute atomic E-state index is 0.0523. The summed E-state index contributed by atoms with van der Waals surface area (Å²) in [5.41, 5.74) is 1.71. The summed E-state index contributed by atoms with van der Waals surface area (Å²) in [5, 5.41) is 0. The number of halogens is 1. The van der Waals surface area contributed by atoms with Crippen LogP contribution >= 0.6 is 15.9 Å². The molecule has 30 heavy (non-hydrogen) atoms. The van der Waals surface area contributed by atoms with Crippen molar-refractivity contribution in [1.29, 1.82) is 0 Å². The van der Waals surface area contributed by atoms with Gasteiger partial charge < -0.3 is 14.2 Å². The first-order valence-corrected chi connectivity index (χ1v) is 11.0. The molecule has 2 aliphatic rings. The van der Waals surface area contributed by atoms with Crippen molar-refractivity contribution >= 4 is 27.7 Å². The predicted octanol–water partition coefficient (Wildman–Crippen LogP) is 5.23. The molecule has 0 saturated heterocycles. The van der Waals surface area contributed by atoms with E-state index in [2.05, 4.69) is 22.9 Å². The molecule has 156 valence electrons. The molecule has 0 aromatic heterocycles. The van der Waals surface area contributed by atoms with Gasteiger partial charge in [-0.2, -0.15) is 0 Å². The van der Waals surface area contributed by atoms with Gasteiger partial charge in [0.25, 0.3) is 0 Å². The van der Waals surface area contributed by atoms with E-state index in [0.717, 1.165) is 10.9 Å². The number of carbonyl (C=O) groups is 2. The molecule has 3 unspecified atom stereocenters. The van der Waals surface area contributed by atoms with Gasteiger partial charge in [-0.15, -0.1) is 0 Å². The number of aryl methyl sites for hydroxylation is 1. The Labute approximate surface area is 184 Å². The van der Waals surface area contributed by atoms with Gasteiger partial charge in [-0.1, -0.05) is 35.0 Å². The Bertz CT molecular complexity index is 949. The minimum Gasteiger partial charge on any atom is -0.493 e. The normalized spacial score (nSPS) is 23.1. The van der Waals surface area contributed by atoms with E-state index >= 15 is 0 Å². The monoisotopic (exact) mass is 470 g/mol. The Kier molecular flexibility index (Phi) is 6.23. The van der Waals surface area contributed by atoms with Crippen LogP contribution < -0.4 is 4.74 Å². The molecule has 1 heterocycles. The van der Waals surface area contributed by atoms with E-state index in [1.54, 1.807) is 24.3 Å². The van der Waals surface area contributed by atoms with Gasteiger partial charge in [0.2, 0.25) is 11.5 Å². The number of ether oxygens (including phenoxy) is 3. The smallest absolute Gasteiger partial charge is 0.338 e. The second kappa shape index (κ2) is 9.04. The maximum atomic E-state index is 12.9. The third-order valence-electron chi connectivity index (χ3n) is 5.59. The van der Waals surface area contributed by atoms with Crippen LogP contribution in [0.2, 0.25) is 0 Å². The van der Waals surface area contributed by atoms with Crippen molar-refractivity contribution in [2.45, 2.75) is 44.8 Å². The van der Waals surface area contributed by atoms with Crippen molar-refractivity contribution in [3.05, 3.63) is 76.2 Å². The van der Waals surface area contributed by atoms with Gasteiger partial charge in [0.05, 0.1) is 11.5 Å². The number of esters is 1. The van der Waals surface area contributed by atoms with Crippen LogP contribution in [0.25, 0.3) is 0 Å². The number of allylic oxidation sites excluding steroid dienone is 1. The predicted molar refractivity (Wildman–Crippen MR) is 115 cm³/mol. The number of benzene rings is 2. The Balaban J connectivity index is 1.36. The minimum atomic E-state index is -0.358. The van der Waals surface area contributed by atoms with Crippen LogP contribution in [-0.2, 0) is 20.7 Å². The molecule has 0 amide bonds. The van der Waals surface area contributed by atoms with E-state index < -0.39 is 0 Å². The Morgan fingerprint density at radius 2 is 1.83 bits per heavy atom. The highest BCUT2D eigenvalue weighted by Crippen LogP contribution is 2.35. The lowest BCUT2D eigenvalue weighted by Gasteiger charge is -2.36. The second-order valence-corrected chi connectivity index (χ2v) is 8.49. The fourth-order valence-electron chi connectivity index (χ4n) is 3.84. The van der Waals surface area contributed by atoms with Crippen LogP contribution in [0.4, 0.5) is 0 Å². The second-order valence-electron chi connectivity index (χ2n) is 7.57. The van der Waals surface area contributed by atoms with Crippen molar-refractivity contribution in [3.63, 3.8) is 0 Å². The lowest BCUT2D eigenvalue weighted by molar-refractivity contribution is -0.132. The first-order valence-electron chi connectivity index (χ1n) is 10.2. The summed E-state index contributed by atoms with van der Waals surface area (Å²) in [5.74, 6) is 0.158. The molecule has 3 atom stereocenters. The first kappa shape index (κ1) is 20.7. The lowest BCUT2D eigenvalue weighted by atomic mass is 9.80. The Morgan fingerprint density at radius 1 is 1.10 bits per heavy atom. The summed E-state index contributed by atoms with van der Waals surface area (Å²) < 4.78 is 18.1. The van der Waals surface area contributed by atoms with Crippen molar-refractivity contribution in [2.75, 3.05) is 0 Å². The number of hydrogen-bond acceptors (Lipinski definition) is 5.